The summed E-state index contributed by atoms with van der Waals surface area (Å²) in [5.41, 5.74) is 0.114. The summed E-state index contributed by atoms with van der Waals surface area (Å²) in [5, 5.41) is 2.59. The van der Waals surface area contributed by atoms with Crippen LogP contribution < -0.4 is 5.32 Å². The van der Waals surface area contributed by atoms with Gasteiger partial charge in [0, 0.05) is 5.56 Å². The zero-order valence-corrected chi connectivity index (χ0v) is 17.8. The van der Waals surface area contributed by atoms with Crippen LogP contribution in [0.15, 0.2) is 58.5 Å². The van der Waals surface area contributed by atoms with Crippen LogP contribution in [0.5, 0.6) is 0 Å². The summed E-state index contributed by atoms with van der Waals surface area (Å²) in [4.78, 5) is 35.9. The van der Waals surface area contributed by atoms with E-state index in [1.807, 2.05) is 25.1 Å². The third-order valence-electron chi connectivity index (χ3n) is 4.95. The number of amidine groups is 2. The number of amides is 2. The predicted molar refractivity (Wildman–Crippen MR) is 118 cm³/mol. The number of nitrogens with one attached hydrogen (secondary N) is 1. The Kier molecular flexibility index (Phi) is 6.05. The van der Waals surface area contributed by atoms with Gasteiger partial charge in [-0.05, 0) is 30.7 Å². The second-order valence-electron chi connectivity index (χ2n) is 7.22. The average molecular weight is 460 g/mol. The number of alkyl halides is 3. The maximum Gasteiger partial charge on any atom is 0.418 e. The van der Waals surface area contributed by atoms with Gasteiger partial charge in [0.25, 0.3) is 5.91 Å². The zero-order chi connectivity index (χ0) is 22.9. The average Bonchev–Trinajstić information content (AvgIpc) is 3.09. The fourth-order valence-corrected chi connectivity index (χ4v) is 4.32. The lowest BCUT2D eigenvalue weighted by Crippen LogP contribution is -2.41. The number of halogens is 3. The van der Waals surface area contributed by atoms with Crippen LogP contribution in [0.1, 0.15) is 30.9 Å². The molecule has 2 aliphatic rings. The molecule has 32 heavy (non-hydrogen) atoms. The lowest BCUT2D eigenvalue weighted by Gasteiger charge is -2.25. The van der Waals surface area contributed by atoms with Crippen molar-refractivity contribution in [2.75, 3.05) is 11.1 Å². The minimum absolute atomic E-state index is 0.217. The lowest BCUT2D eigenvalue weighted by molar-refractivity contribution is -0.137. The molecule has 2 aliphatic heterocycles. The van der Waals surface area contributed by atoms with Crippen molar-refractivity contribution < 1.29 is 22.8 Å². The van der Waals surface area contributed by atoms with Gasteiger partial charge in [0.15, 0.2) is 5.17 Å². The first-order valence-electron chi connectivity index (χ1n) is 9.98. The number of para-hydroxylation sites is 2. The van der Waals surface area contributed by atoms with E-state index in [2.05, 4.69) is 15.3 Å². The van der Waals surface area contributed by atoms with Crippen molar-refractivity contribution in [2.45, 2.75) is 32.0 Å². The van der Waals surface area contributed by atoms with E-state index in [1.54, 1.807) is 6.07 Å². The van der Waals surface area contributed by atoms with Crippen molar-refractivity contribution in [2.24, 2.45) is 9.98 Å². The normalized spacial score (nSPS) is 17.4. The highest BCUT2D eigenvalue weighted by atomic mass is 32.2. The van der Waals surface area contributed by atoms with E-state index >= 15 is 0 Å². The van der Waals surface area contributed by atoms with Crippen LogP contribution >= 0.6 is 11.8 Å². The van der Waals surface area contributed by atoms with Gasteiger partial charge >= 0.3 is 6.18 Å². The molecule has 0 saturated carbocycles. The number of thioether (sulfide) groups is 1. The second-order valence-corrected chi connectivity index (χ2v) is 8.17. The maximum atomic E-state index is 13.2. The first-order chi connectivity index (χ1) is 15.3. The zero-order valence-electron chi connectivity index (χ0n) is 17.0. The van der Waals surface area contributed by atoms with Crippen molar-refractivity contribution in [1.82, 2.24) is 4.90 Å². The maximum absolute atomic E-state index is 13.2. The Balaban J connectivity index is 1.54. The number of rotatable bonds is 5. The molecule has 2 amide bonds. The molecule has 0 aliphatic carbocycles. The molecule has 1 unspecified atom stereocenters. The molecule has 1 atom stereocenters. The summed E-state index contributed by atoms with van der Waals surface area (Å²) in [6.45, 7) is 1.96. The predicted octanol–water partition coefficient (Wildman–Crippen LogP) is 4.84. The molecule has 2 heterocycles. The first-order valence-corrected chi connectivity index (χ1v) is 11.0. The second kappa shape index (κ2) is 8.78. The minimum atomic E-state index is -4.59. The molecular formula is C22H19F3N4O2S. The molecule has 0 spiro atoms. The molecule has 166 valence electrons. The van der Waals surface area contributed by atoms with Gasteiger partial charge in [0.1, 0.15) is 11.9 Å². The van der Waals surface area contributed by atoms with E-state index in [9.17, 15) is 22.8 Å². The third kappa shape index (κ3) is 4.27. The van der Waals surface area contributed by atoms with Crippen LogP contribution in [-0.2, 0) is 15.8 Å². The van der Waals surface area contributed by atoms with E-state index in [0.717, 1.165) is 29.8 Å². The molecule has 2 aromatic rings. The van der Waals surface area contributed by atoms with E-state index in [1.165, 1.54) is 23.1 Å². The molecule has 4 rings (SSSR count). The van der Waals surface area contributed by atoms with Gasteiger partial charge in [-0.3, -0.25) is 14.6 Å². The van der Waals surface area contributed by atoms with Crippen molar-refractivity contribution in [3.8, 4) is 0 Å². The van der Waals surface area contributed by atoms with Crippen LogP contribution in [0.25, 0.3) is 0 Å². The summed E-state index contributed by atoms with van der Waals surface area (Å²) in [5.74, 6) is -0.582. The quantitative estimate of drug-likeness (QED) is 0.694. The first kappa shape index (κ1) is 22.1. The Bertz CT molecular complexity index is 1130. The summed E-state index contributed by atoms with van der Waals surface area (Å²) in [6, 6.07) is 11.5. The number of benzene rings is 2. The number of carbonyl (C=O) groups is 2. The van der Waals surface area contributed by atoms with Crippen molar-refractivity contribution in [3.63, 3.8) is 0 Å². The molecule has 10 heteroatoms. The summed E-state index contributed by atoms with van der Waals surface area (Å²) < 4.78 is 39.5. The van der Waals surface area contributed by atoms with Gasteiger partial charge in [-0.15, -0.1) is 0 Å². The smallest absolute Gasteiger partial charge is 0.325 e. The van der Waals surface area contributed by atoms with Gasteiger partial charge in [0.2, 0.25) is 5.91 Å². The Morgan fingerprint density at radius 2 is 1.88 bits per heavy atom. The van der Waals surface area contributed by atoms with E-state index in [4.69, 9.17) is 0 Å². The van der Waals surface area contributed by atoms with Gasteiger partial charge in [-0.1, -0.05) is 49.4 Å². The number of hydrogen-bond donors (Lipinski definition) is 1. The molecular weight excluding hydrogens is 441 g/mol. The number of hydrogen-bond acceptors (Lipinski definition) is 5. The van der Waals surface area contributed by atoms with Crippen molar-refractivity contribution >= 4 is 46.0 Å². The molecule has 0 fully saturated rings. The topological polar surface area (TPSA) is 74.1 Å². The van der Waals surface area contributed by atoms with E-state index in [0.29, 0.717) is 17.9 Å². The highest BCUT2D eigenvalue weighted by Crippen LogP contribution is 2.36. The van der Waals surface area contributed by atoms with Crippen LogP contribution in [0.2, 0.25) is 0 Å². The highest BCUT2D eigenvalue weighted by Gasteiger charge is 2.41. The van der Waals surface area contributed by atoms with Gasteiger partial charge in [-0.25, -0.2) is 9.89 Å². The summed E-state index contributed by atoms with van der Waals surface area (Å²) >= 11 is 0.983. The number of aliphatic imine (C=N–C) groups is 2. The Hall–Kier alpha value is -3.14. The Morgan fingerprint density at radius 1 is 1.16 bits per heavy atom. The number of carbonyl (C=O) groups excluding carboxylic acids is 2. The summed E-state index contributed by atoms with van der Waals surface area (Å²) in [6.07, 6.45) is -3.22. The number of fused-ring (bicyclic) bond motifs is 3. The molecule has 6 nitrogen and oxygen atoms in total. The molecule has 2 aromatic carbocycles. The Labute approximate surface area is 186 Å². The van der Waals surface area contributed by atoms with Crippen molar-refractivity contribution in [3.05, 3.63) is 59.7 Å². The molecule has 0 saturated heterocycles. The van der Waals surface area contributed by atoms with Crippen LogP contribution in [0, 0.1) is 0 Å². The molecule has 0 radical (unpaired) electrons. The molecule has 0 aromatic heterocycles. The minimum Gasteiger partial charge on any atom is -0.325 e. The number of anilines is 1. The van der Waals surface area contributed by atoms with Gasteiger partial charge < -0.3 is 5.32 Å². The fourth-order valence-electron chi connectivity index (χ4n) is 3.52. The largest absolute Gasteiger partial charge is 0.418 e. The fraction of sp³-hybridized carbons (Fsp3) is 0.273. The molecule has 0 bridgehead atoms. The molecule has 1 N–H and O–H groups in total. The van der Waals surface area contributed by atoms with Gasteiger partial charge in [0.05, 0.1) is 22.7 Å². The monoisotopic (exact) mass is 460 g/mol. The van der Waals surface area contributed by atoms with E-state index in [-0.39, 0.29) is 22.5 Å². The standard InChI is InChI=1S/C22H19F3N4O2S/c1-2-7-17-20(31)29-19(27-17)13-8-3-5-10-15(13)28-21(29)32-12-18(30)26-16-11-6-4-9-14(16)22(23,24)25/h3-6,8-11,17H,2,7,12H2,1H3,(H,26,30). The van der Waals surface area contributed by atoms with Crippen LogP contribution in [-0.4, -0.2) is 39.5 Å². The lowest BCUT2D eigenvalue weighted by atomic mass is 10.1. The third-order valence-corrected chi connectivity index (χ3v) is 5.89. The van der Waals surface area contributed by atoms with Crippen LogP contribution in [0.4, 0.5) is 24.5 Å². The Morgan fingerprint density at radius 3 is 2.62 bits per heavy atom. The van der Waals surface area contributed by atoms with Crippen molar-refractivity contribution in [1.29, 1.82) is 0 Å². The number of nitrogens with zero attached hydrogens (tertiary/aromatic N) is 3. The highest BCUT2D eigenvalue weighted by molar-refractivity contribution is 8.14. The SMILES string of the molecule is CCCC1N=C2c3ccccc3N=C(SCC(=O)Nc3ccccc3C(F)(F)F)N2C1=O. The summed E-state index contributed by atoms with van der Waals surface area (Å²) in [7, 11) is 0. The van der Waals surface area contributed by atoms with Gasteiger partial charge in [-0.2, -0.15) is 13.2 Å². The van der Waals surface area contributed by atoms with Crippen LogP contribution in [0.3, 0.4) is 0 Å². The van der Waals surface area contributed by atoms with E-state index < -0.39 is 23.7 Å².